The molecule has 0 aliphatic carbocycles. The number of rotatable bonds is 5. The minimum Gasteiger partial charge on any atom is -0.444 e. The molecule has 28 heavy (non-hydrogen) atoms. The molecule has 4 N–H and O–H groups in total. The van der Waals surface area contributed by atoms with Crippen LogP contribution < -0.4 is 11.1 Å². The van der Waals surface area contributed by atoms with Crippen molar-refractivity contribution in [2.24, 2.45) is 5.73 Å². The van der Waals surface area contributed by atoms with Crippen molar-refractivity contribution in [2.75, 3.05) is 6.54 Å². The van der Waals surface area contributed by atoms with Crippen LogP contribution in [0.5, 0.6) is 0 Å². The van der Waals surface area contributed by atoms with Gasteiger partial charge in [-0.05, 0) is 51.7 Å². The third-order valence-corrected chi connectivity index (χ3v) is 4.48. The van der Waals surface area contributed by atoms with Gasteiger partial charge in [-0.1, -0.05) is 24.3 Å². The van der Waals surface area contributed by atoms with Gasteiger partial charge in [-0.3, -0.25) is 9.69 Å². The third kappa shape index (κ3) is 5.58. The van der Waals surface area contributed by atoms with Crippen molar-refractivity contribution in [3.05, 3.63) is 41.1 Å². The summed E-state index contributed by atoms with van der Waals surface area (Å²) >= 11 is 0. The Morgan fingerprint density at radius 2 is 1.96 bits per heavy atom. The highest BCUT2D eigenvalue weighted by Gasteiger charge is 2.36. The van der Waals surface area contributed by atoms with E-state index in [4.69, 9.17) is 15.9 Å². The topological polar surface area (TPSA) is 109 Å². The third-order valence-electron chi connectivity index (χ3n) is 4.48. The molecule has 1 aromatic carbocycles. The smallest absolute Gasteiger partial charge is 0.410 e. The van der Waals surface area contributed by atoms with E-state index in [-0.39, 0.29) is 5.91 Å². The SMILES string of the molecule is C/C(N)=C(/C=N)c1ccc(CNC(=O)C2CCCN2C(=O)OC(C)(C)C)cc1. The summed E-state index contributed by atoms with van der Waals surface area (Å²) in [6.45, 7) is 8.08. The van der Waals surface area contributed by atoms with Crippen molar-refractivity contribution in [3.63, 3.8) is 0 Å². The second-order valence-electron chi connectivity index (χ2n) is 7.99. The molecule has 1 aromatic rings. The van der Waals surface area contributed by atoms with Gasteiger partial charge in [0.2, 0.25) is 5.91 Å². The van der Waals surface area contributed by atoms with Crippen molar-refractivity contribution < 1.29 is 14.3 Å². The molecule has 0 aromatic heterocycles. The van der Waals surface area contributed by atoms with Crippen molar-refractivity contribution in [3.8, 4) is 0 Å². The Labute approximate surface area is 166 Å². The van der Waals surface area contributed by atoms with E-state index >= 15 is 0 Å². The van der Waals surface area contributed by atoms with Gasteiger partial charge >= 0.3 is 6.09 Å². The largest absolute Gasteiger partial charge is 0.444 e. The first-order chi connectivity index (χ1) is 13.1. The first-order valence-corrected chi connectivity index (χ1v) is 9.46. The maximum Gasteiger partial charge on any atom is 0.410 e. The van der Waals surface area contributed by atoms with Gasteiger partial charge in [0.05, 0.1) is 0 Å². The molecule has 152 valence electrons. The molecular formula is C21H30N4O3. The maximum atomic E-state index is 12.6. The van der Waals surface area contributed by atoms with Gasteiger partial charge in [0.15, 0.2) is 0 Å². The van der Waals surface area contributed by atoms with E-state index in [9.17, 15) is 9.59 Å². The predicted octanol–water partition coefficient (Wildman–Crippen LogP) is 3.04. The molecule has 0 saturated carbocycles. The van der Waals surface area contributed by atoms with Gasteiger partial charge in [0.1, 0.15) is 11.6 Å². The number of nitrogens with two attached hydrogens (primary N) is 1. The average Bonchev–Trinajstić information content (AvgIpc) is 3.09. The Bertz CT molecular complexity index is 759. The molecule has 0 bridgehead atoms. The number of allylic oxidation sites excluding steroid dienone is 2. The summed E-state index contributed by atoms with van der Waals surface area (Å²) < 4.78 is 5.40. The summed E-state index contributed by atoms with van der Waals surface area (Å²) in [6.07, 6.45) is 2.20. The highest BCUT2D eigenvalue weighted by Crippen LogP contribution is 2.21. The molecule has 0 spiro atoms. The lowest BCUT2D eigenvalue weighted by atomic mass is 10.0. The highest BCUT2D eigenvalue weighted by molar-refractivity contribution is 6.09. The molecular weight excluding hydrogens is 356 g/mol. The zero-order chi connectivity index (χ0) is 20.9. The van der Waals surface area contributed by atoms with E-state index in [0.29, 0.717) is 30.8 Å². The number of amides is 2. The van der Waals surface area contributed by atoms with Gasteiger partial charge in [0.25, 0.3) is 0 Å². The second-order valence-corrected chi connectivity index (χ2v) is 7.99. The summed E-state index contributed by atoms with van der Waals surface area (Å²) in [4.78, 5) is 26.4. The number of hydrogen-bond acceptors (Lipinski definition) is 5. The number of benzene rings is 1. The van der Waals surface area contributed by atoms with Gasteiger partial charge in [0, 0.05) is 30.6 Å². The van der Waals surface area contributed by atoms with E-state index in [2.05, 4.69) is 5.32 Å². The van der Waals surface area contributed by atoms with Crippen LogP contribution in [0, 0.1) is 5.41 Å². The van der Waals surface area contributed by atoms with Crippen LogP contribution in [0.2, 0.25) is 0 Å². The lowest BCUT2D eigenvalue weighted by Gasteiger charge is -2.28. The molecule has 1 heterocycles. The van der Waals surface area contributed by atoms with Crippen LogP contribution in [0.25, 0.3) is 5.57 Å². The van der Waals surface area contributed by atoms with Crippen molar-refractivity contribution in [1.29, 1.82) is 5.41 Å². The maximum absolute atomic E-state index is 12.6. The second kappa shape index (κ2) is 8.91. The van der Waals surface area contributed by atoms with Gasteiger partial charge < -0.3 is 21.2 Å². The lowest BCUT2D eigenvalue weighted by molar-refractivity contribution is -0.125. The zero-order valence-corrected chi connectivity index (χ0v) is 17.0. The number of hydrogen-bond donors (Lipinski definition) is 3. The van der Waals surface area contributed by atoms with Crippen LogP contribution in [0.1, 0.15) is 51.7 Å². The Morgan fingerprint density at radius 1 is 1.32 bits per heavy atom. The van der Waals surface area contributed by atoms with Crippen LogP contribution in [-0.4, -0.2) is 41.3 Å². The van der Waals surface area contributed by atoms with E-state index < -0.39 is 17.7 Å². The fraction of sp³-hybridized carbons (Fsp3) is 0.476. The molecule has 7 heteroatoms. The number of carbonyl (C=O) groups is 2. The van der Waals surface area contributed by atoms with Crippen molar-refractivity contribution in [1.82, 2.24) is 10.2 Å². The summed E-state index contributed by atoms with van der Waals surface area (Å²) in [5, 5.41) is 10.4. The van der Waals surface area contributed by atoms with E-state index in [0.717, 1.165) is 17.5 Å². The molecule has 1 saturated heterocycles. The molecule has 7 nitrogen and oxygen atoms in total. The normalized spacial score (nSPS) is 17.7. The van der Waals surface area contributed by atoms with E-state index in [1.54, 1.807) is 6.92 Å². The molecule has 1 fully saturated rings. The quantitative estimate of drug-likeness (QED) is 0.676. The Morgan fingerprint density at radius 3 is 2.50 bits per heavy atom. The van der Waals surface area contributed by atoms with Gasteiger partial charge in [-0.15, -0.1) is 0 Å². The first-order valence-electron chi connectivity index (χ1n) is 9.46. The van der Waals surface area contributed by atoms with Gasteiger partial charge in [-0.2, -0.15) is 0 Å². The predicted molar refractivity (Wildman–Crippen MR) is 110 cm³/mol. The zero-order valence-electron chi connectivity index (χ0n) is 17.0. The molecule has 0 radical (unpaired) electrons. The number of likely N-dealkylation sites (tertiary alicyclic amines) is 1. The molecule has 1 aliphatic rings. The molecule has 2 rings (SSSR count). The minimum absolute atomic E-state index is 0.176. The van der Waals surface area contributed by atoms with Crippen molar-refractivity contribution in [2.45, 2.75) is 58.7 Å². The number of ether oxygens (including phenoxy) is 1. The van der Waals surface area contributed by atoms with Crippen LogP contribution >= 0.6 is 0 Å². The van der Waals surface area contributed by atoms with Crippen LogP contribution in [0.15, 0.2) is 30.0 Å². The summed E-state index contributed by atoms with van der Waals surface area (Å²) in [6, 6.07) is 7.04. The fourth-order valence-electron chi connectivity index (χ4n) is 3.11. The standard InChI is InChI=1S/C21H30N4O3/c1-14(23)17(12-22)16-9-7-15(8-10-16)13-24-19(26)18-6-5-11-25(18)20(27)28-21(2,3)4/h7-10,12,18,22H,5-6,11,13,23H2,1-4H3,(H,24,26)/b17-14+,22-12?. The fourth-order valence-corrected chi connectivity index (χ4v) is 3.11. The van der Waals surface area contributed by atoms with Crippen LogP contribution in [-0.2, 0) is 16.1 Å². The minimum atomic E-state index is -0.589. The monoisotopic (exact) mass is 386 g/mol. The summed E-state index contributed by atoms with van der Waals surface area (Å²) in [5.74, 6) is -0.176. The highest BCUT2D eigenvalue weighted by atomic mass is 16.6. The number of carbonyl (C=O) groups excluding carboxylic acids is 2. The Balaban J connectivity index is 1.97. The Hall–Kier alpha value is -2.83. The van der Waals surface area contributed by atoms with Crippen LogP contribution in [0.3, 0.4) is 0 Å². The number of nitrogens with zero attached hydrogens (tertiary/aromatic N) is 1. The molecule has 1 unspecified atom stereocenters. The van der Waals surface area contributed by atoms with Gasteiger partial charge in [-0.25, -0.2) is 4.79 Å². The Kier molecular flexibility index (Phi) is 6.83. The summed E-state index contributed by atoms with van der Waals surface area (Å²) in [7, 11) is 0. The lowest BCUT2D eigenvalue weighted by Crippen LogP contribution is -2.47. The van der Waals surface area contributed by atoms with Crippen LogP contribution in [0.4, 0.5) is 4.79 Å². The molecule has 1 aliphatic heterocycles. The first kappa shape index (κ1) is 21.5. The number of nitrogens with one attached hydrogen (secondary N) is 2. The average molecular weight is 386 g/mol. The van der Waals surface area contributed by atoms with E-state index in [1.807, 2.05) is 45.0 Å². The molecule has 2 amide bonds. The van der Waals surface area contributed by atoms with E-state index in [1.165, 1.54) is 11.1 Å². The molecule has 1 atom stereocenters. The summed E-state index contributed by atoms with van der Waals surface area (Å²) in [5.41, 5.74) is 8.25. The van der Waals surface area contributed by atoms with Crippen molar-refractivity contribution >= 4 is 23.8 Å².